The van der Waals surface area contributed by atoms with Gasteiger partial charge in [-0.25, -0.2) is 0 Å². The van der Waals surface area contributed by atoms with E-state index in [1.807, 2.05) is 30.3 Å². The van der Waals surface area contributed by atoms with Gasteiger partial charge in [0.2, 0.25) is 0 Å². The molecule has 0 aromatic heterocycles. The minimum atomic E-state index is -0.359. The Morgan fingerprint density at radius 3 is 2.29 bits per heavy atom. The third-order valence-electron chi connectivity index (χ3n) is 3.12. The van der Waals surface area contributed by atoms with Crippen molar-refractivity contribution in [2.45, 2.75) is 12.5 Å². The Balaban J connectivity index is 2.05. The summed E-state index contributed by atoms with van der Waals surface area (Å²) in [5.74, 6) is -0.302. The van der Waals surface area contributed by atoms with Crippen LogP contribution in [-0.4, -0.2) is 23.7 Å². The van der Waals surface area contributed by atoms with Crippen LogP contribution in [0.5, 0.6) is 0 Å². The van der Waals surface area contributed by atoms with E-state index < -0.39 is 0 Å². The zero-order chi connectivity index (χ0) is 15.2. The van der Waals surface area contributed by atoms with Gasteiger partial charge < -0.3 is 21.9 Å². The second-order valence-electron chi connectivity index (χ2n) is 4.93. The van der Waals surface area contributed by atoms with Crippen LogP contribution in [0.25, 0.3) is 0 Å². The summed E-state index contributed by atoms with van der Waals surface area (Å²) in [6.45, 7) is -0.140. The van der Waals surface area contributed by atoms with Gasteiger partial charge in [-0.2, -0.15) is 0 Å². The molecule has 6 N–H and O–H groups in total. The van der Waals surface area contributed by atoms with E-state index >= 15 is 0 Å². The Morgan fingerprint density at radius 1 is 1.10 bits per heavy atom. The Labute approximate surface area is 123 Å². The summed E-state index contributed by atoms with van der Waals surface area (Å²) in [6, 6.07) is 14.0. The van der Waals surface area contributed by atoms with Crippen LogP contribution in [-0.2, 0) is 6.42 Å². The predicted molar refractivity (Wildman–Crippen MR) is 83.8 cm³/mol. The minimum absolute atomic E-state index is 0.140. The normalized spacial score (nSPS) is 11.9. The van der Waals surface area contributed by atoms with E-state index in [1.165, 1.54) is 0 Å². The molecule has 1 amide bonds. The fourth-order valence-electron chi connectivity index (χ4n) is 2.14. The van der Waals surface area contributed by atoms with Gasteiger partial charge in [-0.1, -0.05) is 30.3 Å². The fourth-order valence-corrected chi connectivity index (χ4v) is 2.14. The first-order valence-electron chi connectivity index (χ1n) is 6.70. The van der Waals surface area contributed by atoms with E-state index in [-0.39, 0.29) is 18.6 Å². The number of carbonyl (C=O) groups excluding carboxylic acids is 1. The average Bonchev–Trinajstić information content (AvgIpc) is 2.46. The first kappa shape index (κ1) is 14.9. The fraction of sp³-hybridized carbons (Fsp3) is 0.188. The molecule has 2 aromatic carbocycles. The van der Waals surface area contributed by atoms with Crippen molar-refractivity contribution < 1.29 is 9.90 Å². The maximum atomic E-state index is 12.2. The summed E-state index contributed by atoms with van der Waals surface area (Å²) in [4.78, 5) is 12.2. The van der Waals surface area contributed by atoms with Crippen LogP contribution >= 0.6 is 0 Å². The van der Waals surface area contributed by atoms with Crippen LogP contribution in [0.2, 0.25) is 0 Å². The molecule has 0 aliphatic heterocycles. The van der Waals surface area contributed by atoms with E-state index in [0.717, 1.165) is 5.56 Å². The molecule has 0 bridgehead atoms. The number of nitrogens with one attached hydrogen (secondary N) is 1. The molecule has 0 fully saturated rings. The number of aliphatic hydroxyl groups excluding tert-OH is 1. The zero-order valence-corrected chi connectivity index (χ0v) is 11.6. The summed E-state index contributed by atoms with van der Waals surface area (Å²) >= 11 is 0. The van der Waals surface area contributed by atoms with Gasteiger partial charge in [0, 0.05) is 16.9 Å². The number of nitrogen functional groups attached to an aromatic ring is 2. The van der Waals surface area contributed by atoms with E-state index in [9.17, 15) is 9.90 Å². The molecule has 0 heterocycles. The zero-order valence-electron chi connectivity index (χ0n) is 11.6. The summed E-state index contributed by atoms with van der Waals surface area (Å²) in [5, 5.41) is 12.2. The third kappa shape index (κ3) is 4.22. The number of carbonyl (C=O) groups is 1. The van der Waals surface area contributed by atoms with Crippen LogP contribution in [0.15, 0.2) is 48.5 Å². The number of aliphatic hydroxyl groups is 1. The van der Waals surface area contributed by atoms with Gasteiger partial charge in [0.05, 0.1) is 12.6 Å². The average molecular weight is 285 g/mol. The molecule has 0 saturated heterocycles. The summed E-state index contributed by atoms with van der Waals surface area (Å²) in [5.41, 5.74) is 13.7. The maximum absolute atomic E-state index is 12.2. The van der Waals surface area contributed by atoms with Crippen molar-refractivity contribution in [2.24, 2.45) is 0 Å². The smallest absolute Gasteiger partial charge is 0.251 e. The van der Waals surface area contributed by atoms with Crippen LogP contribution in [0.1, 0.15) is 15.9 Å². The summed E-state index contributed by atoms with van der Waals surface area (Å²) in [6.07, 6.45) is 0.556. The van der Waals surface area contributed by atoms with Crippen molar-refractivity contribution in [1.29, 1.82) is 0 Å². The lowest BCUT2D eigenvalue weighted by Gasteiger charge is -2.17. The number of hydrogen-bond donors (Lipinski definition) is 4. The van der Waals surface area contributed by atoms with Gasteiger partial charge in [-0.15, -0.1) is 0 Å². The van der Waals surface area contributed by atoms with E-state index in [1.54, 1.807) is 18.2 Å². The van der Waals surface area contributed by atoms with Crippen molar-refractivity contribution in [3.8, 4) is 0 Å². The van der Waals surface area contributed by atoms with Crippen molar-refractivity contribution in [1.82, 2.24) is 5.32 Å². The first-order chi connectivity index (χ1) is 10.1. The molecule has 0 spiro atoms. The lowest BCUT2D eigenvalue weighted by atomic mass is 10.1. The number of nitrogens with two attached hydrogens (primary N) is 2. The Bertz CT molecular complexity index is 594. The van der Waals surface area contributed by atoms with Gasteiger partial charge in [-0.05, 0) is 30.2 Å². The Hall–Kier alpha value is -2.53. The maximum Gasteiger partial charge on any atom is 0.251 e. The highest BCUT2D eigenvalue weighted by Gasteiger charge is 2.14. The SMILES string of the molecule is Nc1cc(N)cc(C(=O)N[C@H](CO)Cc2ccccc2)c1. The van der Waals surface area contributed by atoms with E-state index in [2.05, 4.69) is 5.32 Å². The molecule has 1 atom stereocenters. The highest BCUT2D eigenvalue weighted by Crippen LogP contribution is 2.14. The highest BCUT2D eigenvalue weighted by molar-refractivity contribution is 5.96. The molecular formula is C16H19N3O2. The number of benzene rings is 2. The van der Waals surface area contributed by atoms with Gasteiger partial charge in [0.25, 0.3) is 5.91 Å². The third-order valence-corrected chi connectivity index (χ3v) is 3.12. The van der Waals surface area contributed by atoms with Crippen LogP contribution in [0.3, 0.4) is 0 Å². The molecule has 110 valence electrons. The standard InChI is InChI=1S/C16H19N3O2/c17-13-7-12(8-14(18)9-13)16(21)19-15(10-20)6-11-4-2-1-3-5-11/h1-5,7-9,15,20H,6,10,17-18H2,(H,19,21)/t15-/m0/s1. The topological polar surface area (TPSA) is 101 Å². The number of anilines is 2. The molecule has 0 aliphatic carbocycles. The second kappa shape index (κ2) is 6.76. The van der Waals surface area contributed by atoms with Gasteiger partial charge in [0.1, 0.15) is 0 Å². The number of amides is 1. The molecule has 0 radical (unpaired) electrons. The minimum Gasteiger partial charge on any atom is -0.399 e. The van der Waals surface area contributed by atoms with E-state index in [0.29, 0.717) is 23.4 Å². The molecular weight excluding hydrogens is 266 g/mol. The van der Waals surface area contributed by atoms with E-state index in [4.69, 9.17) is 11.5 Å². The summed E-state index contributed by atoms with van der Waals surface area (Å²) < 4.78 is 0. The summed E-state index contributed by atoms with van der Waals surface area (Å²) in [7, 11) is 0. The molecule has 0 saturated carbocycles. The number of rotatable bonds is 5. The first-order valence-corrected chi connectivity index (χ1v) is 6.70. The quantitative estimate of drug-likeness (QED) is 0.620. The Morgan fingerprint density at radius 2 is 1.71 bits per heavy atom. The van der Waals surface area contributed by atoms with Gasteiger partial charge >= 0.3 is 0 Å². The van der Waals surface area contributed by atoms with Crippen LogP contribution < -0.4 is 16.8 Å². The molecule has 2 rings (SSSR count). The largest absolute Gasteiger partial charge is 0.399 e. The number of hydrogen-bond acceptors (Lipinski definition) is 4. The monoisotopic (exact) mass is 285 g/mol. The molecule has 0 unspecified atom stereocenters. The van der Waals surface area contributed by atoms with Crippen molar-refractivity contribution in [3.05, 3.63) is 59.7 Å². The molecule has 0 aliphatic rings. The van der Waals surface area contributed by atoms with Crippen molar-refractivity contribution >= 4 is 17.3 Å². The highest BCUT2D eigenvalue weighted by atomic mass is 16.3. The molecule has 5 nitrogen and oxygen atoms in total. The predicted octanol–water partition coefficient (Wildman–Crippen LogP) is 1.18. The van der Waals surface area contributed by atoms with Crippen LogP contribution in [0.4, 0.5) is 11.4 Å². The molecule has 2 aromatic rings. The van der Waals surface area contributed by atoms with Gasteiger partial charge in [0.15, 0.2) is 0 Å². The lowest BCUT2D eigenvalue weighted by Crippen LogP contribution is -2.39. The second-order valence-corrected chi connectivity index (χ2v) is 4.93. The van der Waals surface area contributed by atoms with Crippen molar-refractivity contribution in [2.75, 3.05) is 18.1 Å². The van der Waals surface area contributed by atoms with Gasteiger partial charge in [-0.3, -0.25) is 4.79 Å². The Kier molecular flexibility index (Phi) is 4.79. The van der Waals surface area contributed by atoms with Crippen molar-refractivity contribution in [3.63, 3.8) is 0 Å². The lowest BCUT2D eigenvalue weighted by molar-refractivity contribution is 0.0916. The van der Waals surface area contributed by atoms with Crippen LogP contribution in [0, 0.1) is 0 Å². The molecule has 21 heavy (non-hydrogen) atoms. The molecule has 5 heteroatoms.